The van der Waals surface area contributed by atoms with Crippen LogP contribution in [0.3, 0.4) is 0 Å². The van der Waals surface area contributed by atoms with Crippen LogP contribution in [0.4, 0.5) is 13.2 Å². The number of alkyl halides is 3. The summed E-state index contributed by atoms with van der Waals surface area (Å²) in [5.41, 5.74) is 6.05. The molecule has 0 aliphatic carbocycles. The molecule has 122 valence electrons. The highest BCUT2D eigenvalue weighted by Crippen LogP contribution is 2.25. The van der Waals surface area contributed by atoms with E-state index in [4.69, 9.17) is 5.73 Å². The Morgan fingerprint density at radius 3 is 2.55 bits per heavy atom. The van der Waals surface area contributed by atoms with Crippen LogP contribution in [0.15, 0.2) is 24.3 Å². The number of likely N-dealkylation sites (tertiary alicyclic amines) is 1. The number of amides is 1. The topological polar surface area (TPSA) is 55.6 Å². The number of nitrogens with two attached hydrogens (primary N) is 1. The molecule has 1 atom stereocenters. The number of nitrogens with zero attached hydrogens (tertiary/aromatic N) is 1. The van der Waals surface area contributed by atoms with Gasteiger partial charge in [-0.05, 0) is 43.9 Å². The van der Waals surface area contributed by atoms with Crippen LogP contribution in [0.1, 0.15) is 30.1 Å². The number of halogens is 3. The number of carbonyl (C=O) groups is 1. The predicted octanol–water partition coefficient (Wildman–Crippen LogP) is 2.78. The first-order chi connectivity index (χ1) is 10.3. The molecule has 1 unspecified atom stereocenters. The van der Waals surface area contributed by atoms with Gasteiger partial charge in [-0.1, -0.05) is 6.07 Å². The van der Waals surface area contributed by atoms with E-state index in [-0.39, 0.29) is 23.3 Å². The molecule has 22 heavy (non-hydrogen) atoms. The van der Waals surface area contributed by atoms with Crippen LogP contribution in [-0.4, -0.2) is 36.3 Å². The molecular weight excluding hydrogens is 297 g/mol. The van der Waals surface area contributed by atoms with Crippen LogP contribution in [-0.2, 0) is 0 Å². The van der Waals surface area contributed by atoms with Gasteiger partial charge in [0.25, 0.3) is 5.91 Å². The molecule has 0 bridgehead atoms. The predicted molar refractivity (Wildman–Crippen MR) is 75.4 cm³/mol. The fraction of sp³-hybridized carbons (Fsp3) is 0.533. The SMILES string of the molecule is CC(N)C1CCN(C(=O)c2cccc(OC(F)(F)F)c2)CC1. The second kappa shape index (κ2) is 6.56. The molecule has 1 aromatic rings. The van der Waals surface area contributed by atoms with Crippen molar-refractivity contribution in [3.05, 3.63) is 29.8 Å². The van der Waals surface area contributed by atoms with Crippen LogP contribution in [0.25, 0.3) is 0 Å². The lowest BCUT2D eigenvalue weighted by Gasteiger charge is -2.33. The van der Waals surface area contributed by atoms with E-state index in [1.54, 1.807) is 4.90 Å². The van der Waals surface area contributed by atoms with Crippen LogP contribution >= 0.6 is 0 Å². The Morgan fingerprint density at radius 1 is 1.36 bits per heavy atom. The Morgan fingerprint density at radius 2 is 2.00 bits per heavy atom. The van der Waals surface area contributed by atoms with Crippen molar-refractivity contribution < 1.29 is 22.7 Å². The number of carbonyl (C=O) groups excluding carboxylic acids is 1. The van der Waals surface area contributed by atoms with E-state index in [0.717, 1.165) is 18.9 Å². The highest BCUT2D eigenvalue weighted by Gasteiger charge is 2.31. The summed E-state index contributed by atoms with van der Waals surface area (Å²) in [5.74, 6) is -0.288. The number of piperidine rings is 1. The van der Waals surface area contributed by atoms with Gasteiger partial charge in [0.15, 0.2) is 0 Å². The highest BCUT2D eigenvalue weighted by molar-refractivity contribution is 5.94. The third-order valence-corrected chi connectivity index (χ3v) is 3.88. The summed E-state index contributed by atoms with van der Waals surface area (Å²) in [7, 11) is 0. The normalized spacial score (nSPS) is 18.1. The van der Waals surface area contributed by atoms with Crippen LogP contribution in [0.5, 0.6) is 5.75 Å². The number of benzene rings is 1. The van der Waals surface area contributed by atoms with Gasteiger partial charge in [-0.3, -0.25) is 4.79 Å². The molecule has 0 radical (unpaired) electrons. The van der Waals surface area contributed by atoms with E-state index in [0.29, 0.717) is 19.0 Å². The van der Waals surface area contributed by atoms with Gasteiger partial charge in [-0.25, -0.2) is 0 Å². The van der Waals surface area contributed by atoms with Crippen LogP contribution in [0, 0.1) is 5.92 Å². The Labute approximate surface area is 127 Å². The molecule has 2 rings (SSSR count). The minimum Gasteiger partial charge on any atom is -0.406 e. The largest absolute Gasteiger partial charge is 0.573 e. The Kier molecular flexibility index (Phi) is 4.95. The zero-order valence-electron chi connectivity index (χ0n) is 12.3. The first kappa shape index (κ1) is 16.6. The fourth-order valence-electron chi connectivity index (χ4n) is 2.64. The molecule has 1 saturated heterocycles. The van der Waals surface area contributed by atoms with Gasteiger partial charge in [0.05, 0.1) is 0 Å². The van der Waals surface area contributed by atoms with E-state index in [1.165, 1.54) is 18.2 Å². The van der Waals surface area contributed by atoms with Gasteiger partial charge >= 0.3 is 6.36 Å². The molecular formula is C15H19F3N2O2. The average Bonchev–Trinajstić information content (AvgIpc) is 2.45. The lowest BCUT2D eigenvalue weighted by Crippen LogP contribution is -2.42. The second-order valence-electron chi connectivity index (χ2n) is 5.56. The summed E-state index contributed by atoms with van der Waals surface area (Å²) >= 11 is 0. The fourth-order valence-corrected chi connectivity index (χ4v) is 2.64. The van der Waals surface area contributed by atoms with Crippen molar-refractivity contribution in [1.82, 2.24) is 4.90 Å². The van der Waals surface area contributed by atoms with Crippen molar-refractivity contribution in [1.29, 1.82) is 0 Å². The average molecular weight is 316 g/mol. The Hall–Kier alpha value is -1.76. The van der Waals surface area contributed by atoms with Gasteiger partial charge in [-0.15, -0.1) is 13.2 Å². The van der Waals surface area contributed by atoms with Crippen molar-refractivity contribution >= 4 is 5.91 Å². The summed E-state index contributed by atoms with van der Waals surface area (Å²) < 4.78 is 40.5. The first-order valence-electron chi connectivity index (χ1n) is 7.17. The summed E-state index contributed by atoms with van der Waals surface area (Å²) in [6.45, 7) is 3.07. The molecule has 7 heteroatoms. The van der Waals surface area contributed by atoms with Crippen LogP contribution < -0.4 is 10.5 Å². The molecule has 1 amide bonds. The van der Waals surface area contributed by atoms with Crippen molar-refractivity contribution in [2.24, 2.45) is 11.7 Å². The highest BCUT2D eigenvalue weighted by atomic mass is 19.4. The van der Waals surface area contributed by atoms with Crippen molar-refractivity contribution in [2.75, 3.05) is 13.1 Å². The smallest absolute Gasteiger partial charge is 0.406 e. The van der Waals surface area contributed by atoms with E-state index in [9.17, 15) is 18.0 Å². The zero-order chi connectivity index (χ0) is 16.3. The molecule has 1 aliphatic heterocycles. The zero-order valence-corrected chi connectivity index (χ0v) is 12.3. The molecule has 1 aliphatic rings. The molecule has 0 spiro atoms. The molecule has 2 N–H and O–H groups in total. The maximum atomic E-state index is 12.4. The summed E-state index contributed by atoms with van der Waals surface area (Å²) in [4.78, 5) is 14.0. The Bertz CT molecular complexity index is 524. The van der Waals surface area contributed by atoms with Gasteiger partial charge in [0.1, 0.15) is 5.75 Å². The van der Waals surface area contributed by atoms with Crippen molar-refractivity contribution in [3.8, 4) is 5.75 Å². The minimum atomic E-state index is -4.77. The lowest BCUT2D eigenvalue weighted by atomic mass is 9.90. The van der Waals surface area contributed by atoms with E-state index < -0.39 is 6.36 Å². The standard InChI is InChI=1S/C15H19F3N2O2/c1-10(19)11-5-7-20(8-6-11)14(21)12-3-2-4-13(9-12)22-15(16,17)18/h2-4,9-11H,5-8,19H2,1H3. The van der Waals surface area contributed by atoms with Gasteiger partial charge < -0.3 is 15.4 Å². The monoisotopic (exact) mass is 316 g/mol. The number of hydrogen-bond donors (Lipinski definition) is 1. The summed E-state index contributed by atoms with van der Waals surface area (Å²) in [6.07, 6.45) is -3.15. The molecule has 1 heterocycles. The molecule has 4 nitrogen and oxygen atoms in total. The van der Waals surface area contributed by atoms with Gasteiger partial charge in [0, 0.05) is 24.7 Å². The van der Waals surface area contributed by atoms with Crippen molar-refractivity contribution in [3.63, 3.8) is 0 Å². The van der Waals surface area contributed by atoms with Crippen molar-refractivity contribution in [2.45, 2.75) is 32.2 Å². The number of ether oxygens (including phenoxy) is 1. The minimum absolute atomic E-state index is 0.0840. The van der Waals surface area contributed by atoms with E-state index in [1.807, 2.05) is 6.92 Å². The number of rotatable bonds is 3. The maximum Gasteiger partial charge on any atom is 0.573 e. The third-order valence-electron chi connectivity index (χ3n) is 3.88. The molecule has 0 aromatic heterocycles. The van der Waals surface area contributed by atoms with E-state index in [2.05, 4.69) is 4.74 Å². The van der Waals surface area contributed by atoms with Gasteiger partial charge in [-0.2, -0.15) is 0 Å². The molecule has 1 fully saturated rings. The maximum absolute atomic E-state index is 12.4. The first-order valence-corrected chi connectivity index (χ1v) is 7.17. The summed E-state index contributed by atoms with van der Waals surface area (Å²) in [5, 5.41) is 0. The van der Waals surface area contributed by atoms with Gasteiger partial charge in [0.2, 0.25) is 0 Å². The molecule has 1 aromatic carbocycles. The van der Waals surface area contributed by atoms with Crippen LogP contribution in [0.2, 0.25) is 0 Å². The lowest BCUT2D eigenvalue weighted by molar-refractivity contribution is -0.274. The Balaban J connectivity index is 2.03. The summed E-state index contributed by atoms with van der Waals surface area (Å²) in [6, 6.07) is 5.24. The third kappa shape index (κ3) is 4.37. The molecule has 0 saturated carbocycles. The second-order valence-corrected chi connectivity index (χ2v) is 5.56. The quantitative estimate of drug-likeness (QED) is 0.933. The van der Waals surface area contributed by atoms with E-state index >= 15 is 0 Å². The number of hydrogen-bond acceptors (Lipinski definition) is 3.